The lowest BCUT2D eigenvalue weighted by molar-refractivity contribution is -0.149. The predicted octanol–water partition coefficient (Wildman–Crippen LogP) is 1.23. The van der Waals surface area contributed by atoms with Crippen molar-refractivity contribution < 1.29 is 9.59 Å². The molecule has 0 aromatic heterocycles. The van der Waals surface area contributed by atoms with Gasteiger partial charge >= 0.3 is 0 Å². The van der Waals surface area contributed by atoms with Gasteiger partial charge in [0.25, 0.3) is 0 Å². The van der Waals surface area contributed by atoms with Gasteiger partial charge in [0, 0.05) is 12.6 Å². The van der Waals surface area contributed by atoms with Gasteiger partial charge < -0.3 is 15.1 Å². The molecule has 2 amide bonds. The Morgan fingerprint density at radius 2 is 1.95 bits per heavy atom. The molecular formula is C15H29N3O2. The first-order chi connectivity index (χ1) is 9.38. The number of amides is 2. The van der Waals surface area contributed by atoms with Crippen LogP contribution >= 0.6 is 0 Å². The third-order valence-corrected chi connectivity index (χ3v) is 4.12. The van der Waals surface area contributed by atoms with Crippen LogP contribution in [-0.4, -0.2) is 59.9 Å². The summed E-state index contributed by atoms with van der Waals surface area (Å²) in [5.74, 6) is 0.0348. The summed E-state index contributed by atoms with van der Waals surface area (Å²) in [7, 11) is 2.11. The first-order valence-electron chi connectivity index (χ1n) is 7.69. The Morgan fingerprint density at radius 1 is 1.30 bits per heavy atom. The van der Waals surface area contributed by atoms with Crippen molar-refractivity contribution in [3.63, 3.8) is 0 Å². The fraction of sp³-hybridized carbons (Fsp3) is 0.867. The Hall–Kier alpha value is -1.10. The third-order valence-electron chi connectivity index (χ3n) is 4.12. The molecule has 1 N–H and O–H groups in total. The number of nitrogens with zero attached hydrogens (tertiary/aromatic N) is 2. The van der Waals surface area contributed by atoms with Gasteiger partial charge in [0.2, 0.25) is 11.8 Å². The van der Waals surface area contributed by atoms with Crippen LogP contribution in [0.25, 0.3) is 0 Å². The molecule has 2 unspecified atom stereocenters. The van der Waals surface area contributed by atoms with E-state index in [-0.39, 0.29) is 23.9 Å². The highest BCUT2D eigenvalue weighted by Crippen LogP contribution is 2.14. The normalized spacial score (nSPS) is 23.6. The maximum Gasteiger partial charge on any atom is 0.245 e. The maximum absolute atomic E-state index is 12.2. The van der Waals surface area contributed by atoms with Crippen LogP contribution in [0.5, 0.6) is 0 Å². The van der Waals surface area contributed by atoms with E-state index in [1.54, 1.807) is 11.8 Å². The molecule has 1 saturated heterocycles. The van der Waals surface area contributed by atoms with Gasteiger partial charge in [0.15, 0.2) is 0 Å². The summed E-state index contributed by atoms with van der Waals surface area (Å²) in [5.41, 5.74) is 0. The topological polar surface area (TPSA) is 52.7 Å². The highest BCUT2D eigenvalue weighted by Gasteiger charge is 2.36. The second-order valence-corrected chi connectivity index (χ2v) is 5.97. The fourth-order valence-electron chi connectivity index (χ4n) is 2.49. The Kier molecular flexibility index (Phi) is 6.46. The minimum absolute atomic E-state index is 0.0149. The van der Waals surface area contributed by atoms with E-state index in [9.17, 15) is 9.59 Å². The minimum Gasteiger partial charge on any atom is -0.343 e. The van der Waals surface area contributed by atoms with Crippen molar-refractivity contribution in [2.75, 3.05) is 20.1 Å². The second-order valence-electron chi connectivity index (χ2n) is 5.97. The molecule has 1 rings (SSSR count). The molecule has 0 aromatic carbocycles. The third kappa shape index (κ3) is 4.20. The SMILES string of the molecule is CCC1C(=O)NC(C)C(=O)N1CCCCN(C)C(C)C. The van der Waals surface area contributed by atoms with Crippen molar-refractivity contribution in [1.29, 1.82) is 0 Å². The van der Waals surface area contributed by atoms with E-state index in [4.69, 9.17) is 0 Å². The number of hydrogen-bond acceptors (Lipinski definition) is 3. The number of carbonyl (C=O) groups excluding carboxylic acids is 2. The average Bonchev–Trinajstić information content (AvgIpc) is 2.39. The van der Waals surface area contributed by atoms with E-state index in [2.05, 4.69) is 31.1 Å². The van der Waals surface area contributed by atoms with Crippen LogP contribution in [0.15, 0.2) is 0 Å². The predicted molar refractivity (Wildman–Crippen MR) is 80.4 cm³/mol. The van der Waals surface area contributed by atoms with Crippen LogP contribution in [0.3, 0.4) is 0 Å². The largest absolute Gasteiger partial charge is 0.343 e. The summed E-state index contributed by atoms with van der Waals surface area (Å²) in [6.07, 6.45) is 2.67. The molecule has 1 heterocycles. The van der Waals surface area contributed by atoms with Crippen LogP contribution in [0.1, 0.15) is 47.0 Å². The number of piperazine rings is 1. The van der Waals surface area contributed by atoms with Gasteiger partial charge in [0.05, 0.1) is 0 Å². The number of hydrogen-bond donors (Lipinski definition) is 1. The van der Waals surface area contributed by atoms with Gasteiger partial charge in [-0.15, -0.1) is 0 Å². The summed E-state index contributed by atoms with van der Waals surface area (Å²) < 4.78 is 0. The molecule has 0 saturated carbocycles. The molecule has 0 aliphatic carbocycles. The van der Waals surface area contributed by atoms with Gasteiger partial charge in [-0.05, 0) is 53.6 Å². The maximum atomic E-state index is 12.2. The van der Waals surface area contributed by atoms with Crippen LogP contribution in [-0.2, 0) is 9.59 Å². The molecule has 5 heteroatoms. The van der Waals surface area contributed by atoms with E-state index >= 15 is 0 Å². The number of carbonyl (C=O) groups is 2. The molecule has 0 aromatic rings. The van der Waals surface area contributed by atoms with Crippen molar-refractivity contribution in [3.8, 4) is 0 Å². The van der Waals surface area contributed by atoms with Crippen LogP contribution in [0.2, 0.25) is 0 Å². The Morgan fingerprint density at radius 3 is 2.50 bits per heavy atom. The van der Waals surface area contributed by atoms with Crippen LogP contribution in [0, 0.1) is 0 Å². The zero-order valence-electron chi connectivity index (χ0n) is 13.5. The molecule has 1 fully saturated rings. The summed E-state index contributed by atoms with van der Waals surface area (Å²) in [5, 5.41) is 2.75. The van der Waals surface area contributed by atoms with E-state index in [1.807, 2.05) is 6.92 Å². The number of unbranched alkanes of at least 4 members (excludes halogenated alkanes) is 1. The molecule has 1 aliphatic heterocycles. The smallest absolute Gasteiger partial charge is 0.245 e. The molecule has 0 spiro atoms. The van der Waals surface area contributed by atoms with E-state index in [0.717, 1.165) is 19.4 Å². The summed E-state index contributed by atoms with van der Waals surface area (Å²) in [6, 6.07) is -0.133. The summed E-state index contributed by atoms with van der Waals surface area (Å²) >= 11 is 0. The van der Waals surface area contributed by atoms with Gasteiger partial charge in [-0.3, -0.25) is 9.59 Å². The zero-order valence-corrected chi connectivity index (χ0v) is 13.5. The first-order valence-corrected chi connectivity index (χ1v) is 7.69. The molecule has 116 valence electrons. The average molecular weight is 283 g/mol. The number of nitrogens with one attached hydrogen (secondary N) is 1. The lowest BCUT2D eigenvalue weighted by Gasteiger charge is -2.37. The molecule has 0 radical (unpaired) electrons. The van der Waals surface area contributed by atoms with E-state index in [0.29, 0.717) is 19.0 Å². The highest BCUT2D eigenvalue weighted by molar-refractivity contribution is 5.96. The Balaban J connectivity index is 2.46. The van der Waals surface area contributed by atoms with Gasteiger partial charge in [0.1, 0.15) is 12.1 Å². The van der Waals surface area contributed by atoms with Crippen molar-refractivity contribution >= 4 is 11.8 Å². The van der Waals surface area contributed by atoms with Gasteiger partial charge in [-0.25, -0.2) is 0 Å². The van der Waals surface area contributed by atoms with Crippen molar-refractivity contribution in [2.24, 2.45) is 0 Å². The standard InChI is InChI=1S/C15H29N3O2/c1-6-13-14(19)16-12(4)15(20)18(13)10-8-7-9-17(5)11(2)3/h11-13H,6-10H2,1-5H3,(H,16,19). The fourth-order valence-corrected chi connectivity index (χ4v) is 2.49. The van der Waals surface area contributed by atoms with Crippen molar-refractivity contribution in [3.05, 3.63) is 0 Å². The number of rotatable bonds is 7. The highest BCUT2D eigenvalue weighted by atomic mass is 16.2. The second kappa shape index (κ2) is 7.62. The zero-order chi connectivity index (χ0) is 15.3. The lowest BCUT2D eigenvalue weighted by atomic mass is 10.1. The van der Waals surface area contributed by atoms with Crippen molar-refractivity contribution in [2.45, 2.75) is 65.1 Å². The molecule has 1 aliphatic rings. The minimum atomic E-state index is -0.386. The first kappa shape index (κ1) is 17.0. The van der Waals surface area contributed by atoms with Crippen molar-refractivity contribution in [1.82, 2.24) is 15.1 Å². The molecule has 20 heavy (non-hydrogen) atoms. The van der Waals surface area contributed by atoms with Crippen LogP contribution in [0.4, 0.5) is 0 Å². The van der Waals surface area contributed by atoms with E-state index < -0.39 is 0 Å². The van der Waals surface area contributed by atoms with Gasteiger partial charge in [-0.1, -0.05) is 6.92 Å². The Labute approximate surface area is 122 Å². The molecule has 0 bridgehead atoms. The molecule has 5 nitrogen and oxygen atoms in total. The monoisotopic (exact) mass is 283 g/mol. The lowest BCUT2D eigenvalue weighted by Crippen LogP contribution is -2.62. The molecular weight excluding hydrogens is 254 g/mol. The van der Waals surface area contributed by atoms with Gasteiger partial charge in [-0.2, -0.15) is 0 Å². The van der Waals surface area contributed by atoms with E-state index in [1.165, 1.54) is 0 Å². The molecule has 2 atom stereocenters. The quantitative estimate of drug-likeness (QED) is 0.715. The Bertz CT molecular complexity index is 344. The van der Waals surface area contributed by atoms with Crippen LogP contribution < -0.4 is 5.32 Å². The summed E-state index contributed by atoms with van der Waals surface area (Å²) in [4.78, 5) is 28.1. The summed E-state index contributed by atoms with van der Waals surface area (Å²) in [6.45, 7) is 9.76.